The summed E-state index contributed by atoms with van der Waals surface area (Å²) < 4.78 is 27.3. The second kappa shape index (κ2) is 6.71. The number of nitrogens with zero attached hydrogens (tertiary/aromatic N) is 3. The Kier molecular flexibility index (Phi) is 4.65. The van der Waals surface area contributed by atoms with E-state index in [1.165, 1.54) is 0 Å². The Morgan fingerprint density at radius 3 is 2.62 bits per heavy atom. The molecule has 0 bridgehead atoms. The lowest BCUT2D eigenvalue weighted by atomic mass is 10.1. The molecule has 1 atom stereocenters. The molecule has 6 heteroatoms. The Labute approximate surface area is 142 Å². The predicted octanol–water partition coefficient (Wildman–Crippen LogP) is 2.93. The summed E-state index contributed by atoms with van der Waals surface area (Å²) in [5, 5.41) is 8.83. The summed E-state index contributed by atoms with van der Waals surface area (Å²) in [6.45, 7) is 2.45. The number of sulfonamides is 1. The van der Waals surface area contributed by atoms with Crippen molar-refractivity contribution < 1.29 is 8.42 Å². The maximum absolute atomic E-state index is 12.8. The van der Waals surface area contributed by atoms with Gasteiger partial charge in [0.05, 0.1) is 23.4 Å². The minimum absolute atomic E-state index is 0.0471. The van der Waals surface area contributed by atoms with Gasteiger partial charge in [0.25, 0.3) is 0 Å². The molecule has 0 radical (unpaired) electrons. The predicted molar refractivity (Wildman–Crippen MR) is 91.4 cm³/mol. The van der Waals surface area contributed by atoms with Crippen molar-refractivity contribution in [2.45, 2.75) is 31.6 Å². The summed E-state index contributed by atoms with van der Waals surface area (Å²) in [5.74, 6) is -0.0471. The summed E-state index contributed by atoms with van der Waals surface area (Å²) in [6, 6.07) is 12.5. The third-order valence-electron chi connectivity index (χ3n) is 4.31. The Morgan fingerprint density at radius 2 is 2.00 bits per heavy atom. The number of benzene rings is 1. The summed E-state index contributed by atoms with van der Waals surface area (Å²) >= 11 is 0. The lowest BCUT2D eigenvalue weighted by molar-refractivity contribution is 0.395. The van der Waals surface area contributed by atoms with E-state index in [1.807, 2.05) is 25.1 Å². The van der Waals surface area contributed by atoms with E-state index in [4.69, 9.17) is 5.26 Å². The third kappa shape index (κ3) is 3.48. The van der Waals surface area contributed by atoms with Gasteiger partial charge < -0.3 is 0 Å². The zero-order valence-corrected chi connectivity index (χ0v) is 14.3. The highest BCUT2D eigenvalue weighted by atomic mass is 32.2. The van der Waals surface area contributed by atoms with Gasteiger partial charge in [0.1, 0.15) is 0 Å². The van der Waals surface area contributed by atoms with E-state index < -0.39 is 10.0 Å². The molecule has 1 aromatic carbocycles. The van der Waals surface area contributed by atoms with Crippen molar-refractivity contribution in [1.29, 1.82) is 5.26 Å². The van der Waals surface area contributed by atoms with Gasteiger partial charge in [-0.1, -0.05) is 18.2 Å². The molecule has 24 heavy (non-hydrogen) atoms. The average Bonchev–Trinajstić information content (AvgIpc) is 3.06. The number of hydrogen-bond acceptors (Lipinski definition) is 4. The fourth-order valence-corrected chi connectivity index (χ4v) is 4.85. The van der Waals surface area contributed by atoms with Crippen LogP contribution in [0.4, 0.5) is 0 Å². The number of aromatic nitrogens is 1. The van der Waals surface area contributed by atoms with E-state index in [2.05, 4.69) is 4.98 Å². The van der Waals surface area contributed by atoms with Gasteiger partial charge >= 0.3 is 0 Å². The van der Waals surface area contributed by atoms with Gasteiger partial charge in [-0.25, -0.2) is 8.42 Å². The zero-order valence-electron chi connectivity index (χ0n) is 13.5. The van der Waals surface area contributed by atoms with Crippen molar-refractivity contribution >= 4 is 10.0 Å². The van der Waals surface area contributed by atoms with E-state index in [0.29, 0.717) is 17.7 Å². The van der Waals surface area contributed by atoms with Gasteiger partial charge in [-0.05, 0) is 49.1 Å². The van der Waals surface area contributed by atoms with Crippen LogP contribution in [0.5, 0.6) is 0 Å². The molecule has 0 saturated carbocycles. The molecule has 5 nitrogen and oxygen atoms in total. The molecule has 0 spiro atoms. The molecule has 1 unspecified atom stereocenters. The fraction of sp³-hybridized carbons (Fsp3) is 0.333. The molecular formula is C18H19N3O2S. The van der Waals surface area contributed by atoms with Gasteiger partial charge in [0.2, 0.25) is 10.0 Å². The number of hydrogen-bond donors (Lipinski definition) is 0. The fourth-order valence-electron chi connectivity index (χ4n) is 3.05. The highest BCUT2D eigenvalue weighted by Gasteiger charge is 2.35. The SMILES string of the molecule is Cc1ccc(C2CCCN2S(=O)(=O)Cc2ccc(C#N)cc2)cn1. The Bertz CT molecular complexity index is 853. The van der Waals surface area contributed by atoms with Crippen LogP contribution in [-0.2, 0) is 15.8 Å². The highest BCUT2D eigenvalue weighted by Crippen LogP contribution is 2.34. The van der Waals surface area contributed by atoms with Crippen LogP contribution in [0.15, 0.2) is 42.6 Å². The van der Waals surface area contributed by atoms with Crippen LogP contribution in [0.1, 0.15) is 41.3 Å². The molecule has 0 amide bonds. The third-order valence-corrected chi connectivity index (χ3v) is 6.16. The molecule has 2 aromatic rings. The van der Waals surface area contributed by atoms with E-state index in [-0.39, 0.29) is 11.8 Å². The Hall–Kier alpha value is -2.23. The van der Waals surface area contributed by atoms with Gasteiger partial charge in [0.15, 0.2) is 0 Å². The van der Waals surface area contributed by atoms with Crippen LogP contribution in [0, 0.1) is 18.3 Å². The van der Waals surface area contributed by atoms with Crippen molar-refractivity contribution in [3.8, 4) is 6.07 Å². The number of aryl methyl sites for hydroxylation is 1. The van der Waals surface area contributed by atoms with Crippen LogP contribution in [0.3, 0.4) is 0 Å². The first-order valence-corrected chi connectivity index (χ1v) is 9.51. The topological polar surface area (TPSA) is 74.1 Å². The van der Waals surface area contributed by atoms with Crippen molar-refractivity contribution in [3.05, 3.63) is 65.0 Å². The lowest BCUT2D eigenvalue weighted by Crippen LogP contribution is -2.31. The van der Waals surface area contributed by atoms with Crippen LogP contribution < -0.4 is 0 Å². The van der Waals surface area contributed by atoms with E-state index in [1.54, 1.807) is 34.8 Å². The van der Waals surface area contributed by atoms with Crippen molar-refractivity contribution in [2.75, 3.05) is 6.54 Å². The van der Waals surface area contributed by atoms with Crippen LogP contribution in [0.25, 0.3) is 0 Å². The van der Waals surface area contributed by atoms with Crippen LogP contribution in [-0.4, -0.2) is 24.3 Å². The summed E-state index contributed by atoms with van der Waals surface area (Å²) in [4.78, 5) is 4.29. The monoisotopic (exact) mass is 341 g/mol. The van der Waals surface area contributed by atoms with Gasteiger partial charge in [-0.15, -0.1) is 0 Å². The quantitative estimate of drug-likeness (QED) is 0.857. The summed E-state index contributed by atoms with van der Waals surface area (Å²) in [5.41, 5.74) is 3.09. The lowest BCUT2D eigenvalue weighted by Gasteiger charge is -2.24. The Morgan fingerprint density at radius 1 is 1.25 bits per heavy atom. The molecule has 1 saturated heterocycles. The molecule has 1 fully saturated rings. The first kappa shape index (κ1) is 16.6. The van der Waals surface area contributed by atoms with Gasteiger partial charge in [0, 0.05) is 18.4 Å². The molecule has 0 aliphatic carbocycles. The van der Waals surface area contributed by atoms with E-state index >= 15 is 0 Å². The maximum Gasteiger partial charge on any atom is 0.218 e. The molecular weight excluding hydrogens is 322 g/mol. The average molecular weight is 341 g/mol. The highest BCUT2D eigenvalue weighted by molar-refractivity contribution is 7.88. The molecule has 1 aliphatic heterocycles. The second-order valence-corrected chi connectivity index (χ2v) is 7.99. The van der Waals surface area contributed by atoms with Crippen molar-refractivity contribution in [3.63, 3.8) is 0 Å². The summed E-state index contributed by atoms with van der Waals surface area (Å²) in [6.07, 6.45) is 3.44. The second-order valence-electron chi connectivity index (χ2n) is 6.07. The first-order valence-electron chi connectivity index (χ1n) is 7.91. The van der Waals surface area contributed by atoms with Crippen LogP contribution >= 0.6 is 0 Å². The molecule has 124 valence electrons. The molecule has 1 aromatic heterocycles. The first-order chi connectivity index (χ1) is 11.5. The zero-order chi connectivity index (χ0) is 17.2. The van der Waals surface area contributed by atoms with E-state index in [0.717, 1.165) is 24.1 Å². The van der Waals surface area contributed by atoms with Crippen molar-refractivity contribution in [2.24, 2.45) is 0 Å². The smallest absolute Gasteiger partial charge is 0.218 e. The number of rotatable bonds is 4. The number of pyridine rings is 1. The molecule has 3 rings (SSSR count). The van der Waals surface area contributed by atoms with E-state index in [9.17, 15) is 8.42 Å². The minimum Gasteiger partial charge on any atom is -0.261 e. The largest absolute Gasteiger partial charge is 0.261 e. The maximum atomic E-state index is 12.8. The van der Waals surface area contributed by atoms with Crippen molar-refractivity contribution in [1.82, 2.24) is 9.29 Å². The van der Waals surface area contributed by atoms with Crippen LogP contribution in [0.2, 0.25) is 0 Å². The Balaban J connectivity index is 1.82. The molecule has 2 heterocycles. The number of nitriles is 1. The standard InChI is InChI=1S/C18H19N3O2S/c1-14-4-9-17(12-20-14)18-3-2-10-21(18)24(22,23)13-16-7-5-15(11-19)6-8-16/h4-9,12,18H,2-3,10,13H2,1H3. The van der Waals surface area contributed by atoms with Gasteiger partial charge in [-0.3, -0.25) is 4.98 Å². The normalized spacial score (nSPS) is 18.4. The molecule has 0 N–H and O–H groups in total. The minimum atomic E-state index is -3.42. The summed E-state index contributed by atoms with van der Waals surface area (Å²) in [7, 11) is -3.42. The van der Waals surface area contributed by atoms with Gasteiger partial charge in [-0.2, -0.15) is 9.57 Å². The molecule has 1 aliphatic rings.